The molecule has 0 fully saturated rings. The average molecular weight is 826 g/mol. The lowest BCUT2D eigenvalue weighted by molar-refractivity contribution is 0.767. The van der Waals surface area contributed by atoms with Gasteiger partial charge in [0.25, 0.3) is 0 Å². The molecule has 1 aliphatic carbocycles. The summed E-state index contributed by atoms with van der Waals surface area (Å²) in [5, 5.41) is 4.71. The van der Waals surface area contributed by atoms with Crippen molar-refractivity contribution in [2.45, 2.75) is 5.41 Å². The van der Waals surface area contributed by atoms with Crippen molar-refractivity contribution in [2.24, 2.45) is 0 Å². The van der Waals surface area contributed by atoms with Gasteiger partial charge in [-0.05, 0) is 116 Å². The minimum Gasteiger partial charge on any atom is -0.311 e. The summed E-state index contributed by atoms with van der Waals surface area (Å²) in [4.78, 5) is 3.82. The maximum absolute atomic E-state index is 7.84. The predicted octanol–water partition coefficient (Wildman–Crippen LogP) is 16.1. The maximum atomic E-state index is 7.84. The molecule has 0 amide bonds. The second kappa shape index (κ2) is 14.4. The highest BCUT2D eigenvalue weighted by Crippen LogP contribution is 2.56. The van der Waals surface area contributed by atoms with E-state index in [1.165, 1.54) is 66.3 Å². The molecule has 0 aliphatic heterocycles. The van der Waals surface area contributed by atoms with Gasteiger partial charge in [-0.25, -0.2) is 4.85 Å². The van der Waals surface area contributed by atoms with Gasteiger partial charge in [0, 0.05) is 38.4 Å². The Morgan fingerprint density at radius 2 is 0.831 bits per heavy atom. The lowest BCUT2D eigenvalue weighted by Gasteiger charge is -2.34. The van der Waals surface area contributed by atoms with Crippen molar-refractivity contribution in [1.82, 2.24) is 9.13 Å². The molecule has 0 unspecified atom stereocenters. The fraction of sp³-hybridized carbons (Fsp3) is 0.0161. The van der Waals surface area contributed by atoms with Crippen molar-refractivity contribution in [3.05, 3.63) is 270 Å². The van der Waals surface area contributed by atoms with Gasteiger partial charge in [-0.1, -0.05) is 176 Å². The Kier molecular flexibility index (Phi) is 8.19. The van der Waals surface area contributed by atoms with Crippen molar-refractivity contribution < 1.29 is 0 Å². The molecule has 0 radical (unpaired) electrons. The van der Waals surface area contributed by atoms with Crippen LogP contribution >= 0.6 is 0 Å². The van der Waals surface area contributed by atoms with Gasteiger partial charge in [0.15, 0.2) is 5.69 Å². The van der Waals surface area contributed by atoms with E-state index in [0.29, 0.717) is 5.69 Å². The molecule has 0 bridgehead atoms. The molecule has 12 aromatic rings. The van der Waals surface area contributed by atoms with E-state index in [4.69, 9.17) is 6.57 Å². The summed E-state index contributed by atoms with van der Waals surface area (Å²) in [6.45, 7) is 7.84. The normalized spacial score (nSPS) is 12.7. The van der Waals surface area contributed by atoms with Crippen molar-refractivity contribution in [3.8, 4) is 44.8 Å². The second-order valence-electron chi connectivity index (χ2n) is 17.1. The Morgan fingerprint density at radius 1 is 0.323 bits per heavy atom. The first-order valence-electron chi connectivity index (χ1n) is 22.2. The standard InChI is InChI=1S/C62H39N3/c1-63-47-29-33-53-55-38-44(27-35-59(55)64(61(53)39-47)48-30-25-42(26-31-48)41-15-5-2-6-16-41)43-28-36-60-54(37-43)52-22-12-14-24-58(52)65(60)49-32-34-51-50-21-11-13-23-56(50)62(57(51)40-49,45-17-7-3-8-18-45)46-19-9-4-10-20-46/h2-40H. The second-order valence-corrected chi connectivity index (χ2v) is 17.1. The molecule has 13 rings (SSSR count). The lowest BCUT2D eigenvalue weighted by atomic mass is 9.67. The van der Waals surface area contributed by atoms with Crippen LogP contribution in [-0.2, 0) is 5.41 Å². The predicted molar refractivity (Wildman–Crippen MR) is 270 cm³/mol. The fourth-order valence-electron chi connectivity index (χ4n) is 11.0. The first-order chi connectivity index (χ1) is 32.2. The van der Waals surface area contributed by atoms with Gasteiger partial charge in [0.2, 0.25) is 0 Å². The molecular formula is C62H39N3. The quantitative estimate of drug-likeness (QED) is 0.148. The molecular weight excluding hydrogens is 787 g/mol. The molecule has 65 heavy (non-hydrogen) atoms. The monoisotopic (exact) mass is 825 g/mol. The topological polar surface area (TPSA) is 14.2 Å². The Hall–Kier alpha value is -8.71. The smallest absolute Gasteiger partial charge is 0.189 e. The van der Waals surface area contributed by atoms with Crippen LogP contribution in [-0.4, -0.2) is 9.13 Å². The first-order valence-corrected chi connectivity index (χ1v) is 22.2. The molecule has 0 N–H and O–H groups in total. The number of aromatic nitrogens is 2. The van der Waals surface area contributed by atoms with Gasteiger partial charge in [-0.3, -0.25) is 0 Å². The highest BCUT2D eigenvalue weighted by atomic mass is 15.0. The fourth-order valence-corrected chi connectivity index (χ4v) is 11.0. The summed E-state index contributed by atoms with van der Waals surface area (Å²) in [5.41, 5.74) is 19.1. The van der Waals surface area contributed by atoms with Crippen molar-refractivity contribution in [2.75, 3.05) is 0 Å². The minimum atomic E-state index is -0.485. The zero-order valence-electron chi connectivity index (χ0n) is 35.4. The van der Waals surface area contributed by atoms with Gasteiger partial charge in [0.1, 0.15) is 0 Å². The summed E-state index contributed by atoms with van der Waals surface area (Å²) in [7, 11) is 0. The van der Waals surface area contributed by atoms with Crippen LogP contribution in [0.4, 0.5) is 5.69 Å². The number of para-hydroxylation sites is 1. The van der Waals surface area contributed by atoms with Gasteiger partial charge in [-0.15, -0.1) is 0 Å². The van der Waals surface area contributed by atoms with Gasteiger partial charge < -0.3 is 9.13 Å². The summed E-state index contributed by atoms with van der Waals surface area (Å²) in [6.07, 6.45) is 0. The summed E-state index contributed by atoms with van der Waals surface area (Å²) < 4.78 is 4.75. The van der Waals surface area contributed by atoms with E-state index in [0.717, 1.165) is 44.3 Å². The summed E-state index contributed by atoms with van der Waals surface area (Å²) in [6, 6.07) is 86.0. The van der Waals surface area contributed by atoms with Crippen LogP contribution in [0.5, 0.6) is 0 Å². The molecule has 0 saturated carbocycles. The molecule has 3 heteroatoms. The third-order valence-electron chi connectivity index (χ3n) is 13.8. The first kappa shape index (κ1) is 36.9. The molecule has 0 spiro atoms. The molecule has 1 aliphatic rings. The van der Waals surface area contributed by atoms with E-state index in [1.54, 1.807) is 0 Å². The molecule has 2 heterocycles. The number of hydrogen-bond donors (Lipinski definition) is 0. The third kappa shape index (κ3) is 5.48. The molecule has 0 saturated heterocycles. The van der Waals surface area contributed by atoms with Crippen LogP contribution in [0.3, 0.4) is 0 Å². The van der Waals surface area contributed by atoms with E-state index < -0.39 is 5.41 Å². The van der Waals surface area contributed by atoms with Crippen LogP contribution in [0.15, 0.2) is 237 Å². The van der Waals surface area contributed by atoms with Gasteiger partial charge in [0.05, 0.1) is 28.5 Å². The summed E-state index contributed by atoms with van der Waals surface area (Å²) >= 11 is 0. The largest absolute Gasteiger partial charge is 0.311 e. The van der Waals surface area contributed by atoms with E-state index >= 15 is 0 Å². The van der Waals surface area contributed by atoms with E-state index in [9.17, 15) is 0 Å². The number of benzene rings is 10. The highest BCUT2D eigenvalue weighted by Gasteiger charge is 2.46. The number of rotatable bonds is 6. The Labute approximate surface area is 377 Å². The minimum absolute atomic E-state index is 0.485. The molecule has 10 aromatic carbocycles. The maximum Gasteiger partial charge on any atom is 0.189 e. The number of nitrogens with zero attached hydrogens (tertiary/aromatic N) is 3. The number of fused-ring (bicyclic) bond motifs is 9. The lowest BCUT2D eigenvalue weighted by Crippen LogP contribution is -2.28. The Balaban J connectivity index is 0.972. The highest BCUT2D eigenvalue weighted by molar-refractivity contribution is 6.13. The Morgan fingerprint density at radius 3 is 1.51 bits per heavy atom. The van der Waals surface area contributed by atoms with Crippen LogP contribution in [0.25, 0.3) is 93.2 Å². The zero-order chi connectivity index (χ0) is 43.1. The molecule has 3 nitrogen and oxygen atoms in total. The van der Waals surface area contributed by atoms with E-state index in [2.05, 4.69) is 232 Å². The van der Waals surface area contributed by atoms with Crippen LogP contribution in [0, 0.1) is 6.57 Å². The average Bonchev–Trinajstić information content (AvgIpc) is 4.00. The van der Waals surface area contributed by atoms with Crippen molar-refractivity contribution in [1.29, 1.82) is 0 Å². The van der Waals surface area contributed by atoms with E-state index in [-0.39, 0.29) is 0 Å². The van der Waals surface area contributed by atoms with Gasteiger partial charge >= 0.3 is 0 Å². The SMILES string of the molecule is [C-]#[N+]c1ccc2c3cc(-c4ccc5c(c4)c4ccccc4n5-c4ccc5c(c4)C(c4ccccc4)(c4ccccc4)c4ccccc4-5)ccc3n(-c3ccc(-c4ccccc4)cc3)c2c1. The van der Waals surface area contributed by atoms with E-state index in [1.807, 2.05) is 18.2 Å². The van der Waals surface area contributed by atoms with Gasteiger partial charge in [-0.2, -0.15) is 0 Å². The van der Waals surface area contributed by atoms with Crippen LogP contribution in [0.1, 0.15) is 22.3 Å². The molecule has 302 valence electrons. The van der Waals surface area contributed by atoms with Crippen LogP contribution in [0.2, 0.25) is 0 Å². The molecule has 2 aromatic heterocycles. The van der Waals surface area contributed by atoms with Crippen molar-refractivity contribution in [3.63, 3.8) is 0 Å². The molecule has 0 atom stereocenters. The number of hydrogen-bond acceptors (Lipinski definition) is 0. The van der Waals surface area contributed by atoms with Crippen LogP contribution < -0.4 is 0 Å². The summed E-state index contributed by atoms with van der Waals surface area (Å²) in [5.74, 6) is 0. The Bertz CT molecular complexity index is 3830. The van der Waals surface area contributed by atoms with Crippen molar-refractivity contribution >= 4 is 49.3 Å². The third-order valence-corrected chi connectivity index (χ3v) is 13.8. The zero-order valence-corrected chi connectivity index (χ0v) is 35.4.